The summed E-state index contributed by atoms with van der Waals surface area (Å²) in [6.07, 6.45) is 2.20. The quantitative estimate of drug-likeness (QED) is 0.736. The van der Waals surface area contributed by atoms with Gasteiger partial charge in [0.05, 0.1) is 17.7 Å². The van der Waals surface area contributed by atoms with Crippen LogP contribution in [0.3, 0.4) is 0 Å². The van der Waals surface area contributed by atoms with Crippen LogP contribution in [0.4, 0.5) is 4.39 Å². The fourth-order valence-corrected chi connectivity index (χ4v) is 1.64. The van der Waals surface area contributed by atoms with Gasteiger partial charge in [0.1, 0.15) is 11.9 Å². The minimum atomic E-state index is -0.568. The number of hydrogen-bond acceptors (Lipinski definition) is 2. The van der Waals surface area contributed by atoms with Crippen molar-refractivity contribution < 1.29 is 13.9 Å². The summed E-state index contributed by atoms with van der Waals surface area (Å²) in [5.41, 5.74) is 0.320. The van der Waals surface area contributed by atoms with Crippen LogP contribution in [0.15, 0.2) is 30.5 Å². The molecule has 0 aliphatic carbocycles. The van der Waals surface area contributed by atoms with Gasteiger partial charge in [-0.2, -0.15) is 0 Å². The van der Waals surface area contributed by atoms with Gasteiger partial charge in [-0.15, -0.1) is 0 Å². The molecule has 1 unspecified atom stereocenters. The summed E-state index contributed by atoms with van der Waals surface area (Å²) in [7, 11) is 0. The third-order valence-electron chi connectivity index (χ3n) is 2.21. The van der Waals surface area contributed by atoms with E-state index in [0.29, 0.717) is 5.56 Å². The van der Waals surface area contributed by atoms with Crippen LogP contribution in [-0.4, -0.2) is 5.78 Å². The number of ether oxygens (including phenoxy) is 1. The minimum absolute atomic E-state index is 0.0399. The number of halogens is 2. The molecule has 1 atom stereocenters. The molecule has 2 nitrogen and oxygen atoms in total. The summed E-state index contributed by atoms with van der Waals surface area (Å²) < 4.78 is 18.7. The van der Waals surface area contributed by atoms with Crippen LogP contribution >= 0.6 is 11.6 Å². The smallest absolute Gasteiger partial charge is 0.162 e. The standard InChI is InChI=1S/C11H8ClFO2/c12-9-3-1-2-8(11(9)13)10-6-7(14)4-5-15-10/h1-5,10H,6H2. The summed E-state index contributed by atoms with van der Waals surface area (Å²) in [5.74, 6) is -0.599. The lowest BCUT2D eigenvalue weighted by Gasteiger charge is -2.19. The van der Waals surface area contributed by atoms with Gasteiger partial charge in [0.15, 0.2) is 5.78 Å². The van der Waals surface area contributed by atoms with Gasteiger partial charge in [-0.3, -0.25) is 4.79 Å². The van der Waals surface area contributed by atoms with Gasteiger partial charge in [0, 0.05) is 11.6 Å². The molecule has 0 saturated carbocycles. The third-order valence-corrected chi connectivity index (χ3v) is 2.50. The molecule has 2 rings (SSSR count). The Labute approximate surface area is 91.3 Å². The Bertz CT molecular complexity index is 429. The molecule has 0 aromatic heterocycles. The van der Waals surface area contributed by atoms with Crippen LogP contribution in [0, 0.1) is 5.82 Å². The highest BCUT2D eigenvalue weighted by molar-refractivity contribution is 6.30. The molecule has 1 aliphatic rings. The van der Waals surface area contributed by atoms with E-state index in [1.165, 1.54) is 18.4 Å². The second-order valence-electron chi connectivity index (χ2n) is 3.24. The molecule has 0 bridgehead atoms. The molecular weight excluding hydrogens is 219 g/mol. The number of allylic oxidation sites excluding steroid dienone is 1. The van der Waals surface area contributed by atoms with E-state index < -0.39 is 11.9 Å². The Kier molecular flexibility index (Phi) is 2.73. The molecule has 0 N–H and O–H groups in total. The zero-order chi connectivity index (χ0) is 10.8. The highest BCUT2D eigenvalue weighted by Gasteiger charge is 2.22. The highest BCUT2D eigenvalue weighted by Crippen LogP contribution is 2.30. The van der Waals surface area contributed by atoms with Crippen LogP contribution in [0.2, 0.25) is 5.02 Å². The van der Waals surface area contributed by atoms with Gasteiger partial charge in [-0.25, -0.2) is 4.39 Å². The van der Waals surface area contributed by atoms with Crippen molar-refractivity contribution in [2.24, 2.45) is 0 Å². The first-order valence-corrected chi connectivity index (χ1v) is 4.85. The van der Waals surface area contributed by atoms with Crippen molar-refractivity contribution in [1.29, 1.82) is 0 Å². The number of carbonyl (C=O) groups excluding carboxylic acids is 1. The van der Waals surface area contributed by atoms with Crippen LogP contribution in [-0.2, 0) is 9.53 Å². The third kappa shape index (κ3) is 2.02. The first-order chi connectivity index (χ1) is 7.18. The predicted octanol–water partition coefficient (Wildman–Crippen LogP) is 3.02. The van der Waals surface area contributed by atoms with E-state index in [-0.39, 0.29) is 17.2 Å². The molecule has 1 aromatic carbocycles. The van der Waals surface area contributed by atoms with Gasteiger partial charge in [-0.1, -0.05) is 23.7 Å². The monoisotopic (exact) mass is 226 g/mol. The van der Waals surface area contributed by atoms with E-state index in [2.05, 4.69) is 0 Å². The Hall–Kier alpha value is -1.35. The van der Waals surface area contributed by atoms with E-state index in [9.17, 15) is 9.18 Å². The number of rotatable bonds is 1. The molecule has 0 radical (unpaired) electrons. The van der Waals surface area contributed by atoms with Crippen molar-refractivity contribution in [2.75, 3.05) is 0 Å². The largest absolute Gasteiger partial charge is 0.493 e. The van der Waals surface area contributed by atoms with Gasteiger partial charge in [-0.05, 0) is 6.07 Å². The van der Waals surface area contributed by atoms with Crippen molar-refractivity contribution in [3.63, 3.8) is 0 Å². The van der Waals surface area contributed by atoms with Crippen molar-refractivity contribution in [2.45, 2.75) is 12.5 Å². The second-order valence-corrected chi connectivity index (χ2v) is 3.65. The van der Waals surface area contributed by atoms with Crippen molar-refractivity contribution in [3.8, 4) is 0 Å². The Morgan fingerprint density at radius 3 is 3.00 bits per heavy atom. The number of hydrogen-bond donors (Lipinski definition) is 0. The van der Waals surface area contributed by atoms with Gasteiger partial charge < -0.3 is 4.74 Å². The molecule has 0 amide bonds. The predicted molar refractivity (Wildman–Crippen MR) is 54.0 cm³/mol. The zero-order valence-corrected chi connectivity index (χ0v) is 8.50. The van der Waals surface area contributed by atoms with Crippen LogP contribution in [0.1, 0.15) is 18.1 Å². The number of benzene rings is 1. The molecule has 0 fully saturated rings. The number of carbonyl (C=O) groups is 1. The van der Waals surface area contributed by atoms with Crippen molar-refractivity contribution in [1.82, 2.24) is 0 Å². The lowest BCUT2D eigenvalue weighted by molar-refractivity contribution is -0.118. The molecule has 1 aliphatic heterocycles. The first kappa shape index (κ1) is 10.2. The van der Waals surface area contributed by atoms with E-state index in [1.54, 1.807) is 12.1 Å². The molecular formula is C11H8ClFO2. The maximum absolute atomic E-state index is 13.6. The molecule has 0 spiro atoms. The summed E-state index contributed by atoms with van der Waals surface area (Å²) in [6, 6.07) is 4.66. The van der Waals surface area contributed by atoms with E-state index in [0.717, 1.165) is 0 Å². The highest BCUT2D eigenvalue weighted by atomic mass is 35.5. The Morgan fingerprint density at radius 2 is 2.27 bits per heavy atom. The molecule has 4 heteroatoms. The molecule has 1 aromatic rings. The molecule has 0 saturated heterocycles. The summed E-state index contributed by atoms with van der Waals surface area (Å²) >= 11 is 5.64. The number of ketones is 1. The van der Waals surface area contributed by atoms with Crippen molar-refractivity contribution in [3.05, 3.63) is 46.9 Å². The average molecular weight is 227 g/mol. The molecule has 78 valence electrons. The first-order valence-electron chi connectivity index (χ1n) is 4.47. The molecule has 1 heterocycles. The Morgan fingerprint density at radius 1 is 1.47 bits per heavy atom. The second kappa shape index (κ2) is 4.03. The maximum atomic E-state index is 13.6. The van der Waals surface area contributed by atoms with Crippen LogP contribution in [0.5, 0.6) is 0 Å². The van der Waals surface area contributed by atoms with E-state index in [4.69, 9.17) is 16.3 Å². The minimum Gasteiger partial charge on any atom is -0.493 e. The van der Waals surface area contributed by atoms with Crippen LogP contribution < -0.4 is 0 Å². The fraction of sp³-hybridized carbons (Fsp3) is 0.182. The molecule has 15 heavy (non-hydrogen) atoms. The van der Waals surface area contributed by atoms with Gasteiger partial charge in [0.25, 0.3) is 0 Å². The maximum Gasteiger partial charge on any atom is 0.162 e. The lowest BCUT2D eigenvalue weighted by atomic mass is 10.0. The topological polar surface area (TPSA) is 26.3 Å². The zero-order valence-electron chi connectivity index (χ0n) is 7.74. The normalized spacial score (nSPS) is 20.1. The van der Waals surface area contributed by atoms with Crippen LogP contribution in [0.25, 0.3) is 0 Å². The fourth-order valence-electron chi connectivity index (χ4n) is 1.46. The average Bonchev–Trinajstić information content (AvgIpc) is 2.22. The van der Waals surface area contributed by atoms with E-state index in [1.807, 2.05) is 0 Å². The lowest BCUT2D eigenvalue weighted by Crippen LogP contribution is -2.12. The summed E-state index contributed by atoms with van der Waals surface area (Å²) in [4.78, 5) is 11.1. The SMILES string of the molecule is O=C1C=COC(c2cccc(Cl)c2F)C1. The van der Waals surface area contributed by atoms with Gasteiger partial charge >= 0.3 is 0 Å². The van der Waals surface area contributed by atoms with Gasteiger partial charge in [0.2, 0.25) is 0 Å². The van der Waals surface area contributed by atoms with Crippen molar-refractivity contribution >= 4 is 17.4 Å². The van der Waals surface area contributed by atoms with E-state index >= 15 is 0 Å². The summed E-state index contributed by atoms with van der Waals surface area (Å²) in [6.45, 7) is 0. The Balaban J connectivity index is 2.34. The summed E-state index contributed by atoms with van der Waals surface area (Å²) in [5, 5.41) is 0.0399.